The smallest absolute Gasteiger partial charge is 0.0562 e. The molecule has 10 aromatic carbocycles. The number of thiophene rings is 1. The summed E-state index contributed by atoms with van der Waals surface area (Å²) in [5.74, 6) is 0. The summed E-state index contributed by atoms with van der Waals surface area (Å²) in [5.41, 5.74) is 9.32. The minimum Gasteiger partial charge on any atom is -0.310 e. The number of hydrogen-bond donors (Lipinski definition) is 0. The molecule has 0 fully saturated rings. The van der Waals surface area contributed by atoms with Crippen molar-refractivity contribution in [3.63, 3.8) is 0 Å². The minimum absolute atomic E-state index is 1.11. The van der Waals surface area contributed by atoms with E-state index in [9.17, 15) is 0 Å². The molecule has 2 heterocycles. The van der Waals surface area contributed by atoms with E-state index >= 15 is 0 Å². The Balaban J connectivity index is 1.12. The Bertz CT molecular complexity index is 3520. The van der Waals surface area contributed by atoms with Crippen molar-refractivity contribution in [3.05, 3.63) is 206 Å². The first-order chi connectivity index (χ1) is 28.2. The summed E-state index contributed by atoms with van der Waals surface area (Å²) in [6, 6.07) is 75.9. The fourth-order valence-electron chi connectivity index (χ4n) is 9.05. The van der Waals surface area contributed by atoms with Gasteiger partial charge >= 0.3 is 0 Å². The second-order valence-electron chi connectivity index (χ2n) is 14.9. The highest BCUT2D eigenvalue weighted by atomic mass is 32.1. The topological polar surface area (TPSA) is 8.17 Å². The van der Waals surface area contributed by atoms with Gasteiger partial charge in [-0.05, 0) is 116 Å². The number of para-hydroxylation sites is 1. The zero-order valence-corrected chi connectivity index (χ0v) is 31.7. The Hall–Kier alpha value is -7.20. The third kappa shape index (κ3) is 5.10. The highest BCUT2D eigenvalue weighted by Gasteiger charge is 2.22. The average molecular weight is 743 g/mol. The van der Waals surface area contributed by atoms with Crippen molar-refractivity contribution < 1.29 is 0 Å². The van der Waals surface area contributed by atoms with E-state index in [1.165, 1.54) is 91.1 Å². The molecular formula is C54H34N2S. The largest absolute Gasteiger partial charge is 0.310 e. The van der Waals surface area contributed by atoms with E-state index in [-0.39, 0.29) is 0 Å². The molecule has 0 atom stereocenters. The van der Waals surface area contributed by atoms with E-state index in [0.29, 0.717) is 0 Å². The molecule has 3 heteroatoms. The number of nitrogens with zero attached hydrogens (tertiary/aromatic N) is 2. The molecule has 0 bridgehead atoms. The highest BCUT2D eigenvalue weighted by molar-refractivity contribution is 7.26. The summed E-state index contributed by atoms with van der Waals surface area (Å²) in [6.45, 7) is 0. The van der Waals surface area contributed by atoms with Crippen molar-refractivity contribution in [1.82, 2.24) is 4.57 Å². The van der Waals surface area contributed by atoms with Gasteiger partial charge in [0.15, 0.2) is 0 Å². The monoisotopic (exact) mass is 742 g/mol. The van der Waals surface area contributed by atoms with Crippen LogP contribution in [0.25, 0.3) is 91.1 Å². The Labute approximate surface area is 333 Å². The predicted octanol–water partition coefficient (Wildman–Crippen LogP) is 15.7. The fourth-order valence-corrected chi connectivity index (χ4v) is 10.2. The maximum absolute atomic E-state index is 2.47. The van der Waals surface area contributed by atoms with Gasteiger partial charge in [-0.1, -0.05) is 133 Å². The lowest BCUT2D eigenvalue weighted by Gasteiger charge is -2.27. The van der Waals surface area contributed by atoms with E-state index < -0.39 is 0 Å². The molecule has 57 heavy (non-hydrogen) atoms. The summed E-state index contributed by atoms with van der Waals surface area (Å²) in [6.07, 6.45) is 0. The van der Waals surface area contributed by atoms with Crippen LogP contribution in [-0.2, 0) is 0 Å². The molecule has 0 aliphatic rings. The van der Waals surface area contributed by atoms with E-state index in [4.69, 9.17) is 0 Å². The van der Waals surface area contributed by atoms with Gasteiger partial charge in [0.1, 0.15) is 0 Å². The molecule has 2 aromatic heterocycles. The summed E-state index contributed by atoms with van der Waals surface area (Å²) < 4.78 is 5.02. The van der Waals surface area contributed by atoms with Crippen LogP contribution in [0.5, 0.6) is 0 Å². The molecule has 0 unspecified atom stereocenters. The van der Waals surface area contributed by atoms with Crippen LogP contribution < -0.4 is 4.90 Å². The van der Waals surface area contributed by atoms with Crippen LogP contribution >= 0.6 is 11.3 Å². The van der Waals surface area contributed by atoms with Crippen molar-refractivity contribution in [3.8, 4) is 16.8 Å². The summed E-state index contributed by atoms with van der Waals surface area (Å²) in [7, 11) is 0. The number of anilines is 3. The molecule has 0 amide bonds. The molecular weight excluding hydrogens is 709 g/mol. The van der Waals surface area contributed by atoms with Crippen molar-refractivity contribution in [2.24, 2.45) is 0 Å². The predicted molar refractivity (Wildman–Crippen MR) is 246 cm³/mol. The van der Waals surface area contributed by atoms with Crippen LogP contribution in [0, 0.1) is 0 Å². The Morgan fingerprint density at radius 2 is 1.02 bits per heavy atom. The Kier molecular flexibility index (Phi) is 7.13. The number of fused-ring (bicyclic) bond motifs is 10. The zero-order chi connectivity index (χ0) is 37.5. The zero-order valence-electron chi connectivity index (χ0n) is 30.9. The molecule has 0 aliphatic carbocycles. The molecule has 0 saturated heterocycles. The van der Waals surface area contributed by atoms with Crippen LogP contribution in [-0.4, -0.2) is 4.57 Å². The van der Waals surface area contributed by atoms with Crippen molar-refractivity contribution >= 4 is 103 Å². The molecule has 0 saturated carbocycles. The first kappa shape index (κ1) is 32.1. The maximum Gasteiger partial charge on any atom is 0.0562 e. The van der Waals surface area contributed by atoms with E-state index in [1.54, 1.807) is 0 Å². The van der Waals surface area contributed by atoms with Crippen LogP contribution in [0.15, 0.2) is 206 Å². The van der Waals surface area contributed by atoms with Gasteiger partial charge < -0.3 is 9.47 Å². The lowest BCUT2D eigenvalue weighted by atomic mass is 10.0. The molecule has 0 spiro atoms. The SMILES string of the molecule is c1ccc(-n2c3cc(N(c4ccc(-c5ccc6ccccc6c5)cc4)c4cccc5sc6cc7ccccc7cc6c45)ccc3c3c4ccccc4ccc32)cc1. The average Bonchev–Trinajstić information content (AvgIpc) is 3.81. The van der Waals surface area contributed by atoms with Crippen molar-refractivity contribution in [2.75, 3.05) is 4.90 Å². The standard InChI is InChI=1S/C54H34N2S/c1-2-16-42(17-3-1)56-49-30-25-37-12-8-9-18-45(37)53(49)46-29-28-44(34-50(46)56)55(43-26-23-36(24-27-43)41-22-21-35-11-4-5-13-38(35)31-41)48-19-10-20-51-54(48)47-32-39-14-6-7-15-40(39)33-52(47)57-51/h1-34H. The molecule has 266 valence electrons. The van der Waals surface area contributed by atoms with Crippen LogP contribution in [0.2, 0.25) is 0 Å². The molecule has 12 rings (SSSR count). The van der Waals surface area contributed by atoms with E-state index in [0.717, 1.165) is 17.1 Å². The first-order valence-corrected chi connectivity index (χ1v) is 20.3. The van der Waals surface area contributed by atoms with Crippen molar-refractivity contribution in [1.29, 1.82) is 0 Å². The number of rotatable bonds is 5. The fraction of sp³-hybridized carbons (Fsp3) is 0. The number of aromatic nitrogens is 1. The number of benzene rings is 10. The van der Waals surface area contributed by atoms with E-state index in [1.807, 2.05) is 11.3 Å². The summed E-state index contributed by atoms with van der Waals surface area (Å²) >= 11 is 1.87. The molecule has 0 radical (unpaired) electrons. The van der Waals surface area contributed by atoms with Gasteiger partial charge in [-0.3, -0.25) is 0 Å². The van der Waals surface area contributed by atoms with Gasteiger partial charge in [-0.2, -0.15) is 0 Å². The quantitative estimate of drug-likeness (QED) is 0.170. The summed E-state index contributed by atoms with van der Waals surface area (Å²) in [5, 5.41) is 12.6. The van der Waals surface area contributed by atoms with Gasteiger partial charge in [-0.15, -0.1) is 11.3 Å². The van der Waals surface area contributed by atoms with Crippen LogP contribution in [0.4, 0.5) is 17.1 Å². The van der Waals surface area contributed by atoms with Gasteiger partial charge in [0.25, 0.3) is 0 Å². The van der Waals surface area contributed by atoms with E-state index in [2.05, 4.69) is 216 Å². The molecule has 12 aromatic rings. The first-order valence-electron chi connectivity index (χ1n) is 19.5. The van der Waals surface area contributed by atoms with Crippen molar-refractivity contribution in [2.45, 2.75) is 0 Å². The molecule has 0 N–H and O–H groups in total. The Morgan fingerprint density at radius 1 is 0.351 bits per heavy atom. The van der Waals surface area contributed by atoms with Gasteiger partial charge in [0, 0.05) is 48.0 Å². The van der Waals surface area contributed by atoms with Gasteiger partial charge in [0.2, 0.25) is 0 Å². The molecule has 0 aliphatic heterocycles. The second kappa shape index (κ2) is 12.7. The lowest BCUT2D eigenvalue weighted by Crippen LogP contribution is -2.10. The van der Waals surface area contributed by atoms with Crippen LogP contribution in [0.3, 0.4) is 0 Å². The van der Waals surface area contributed by atoms with Gasteiger partial charge in [-0.25, -0.2) is 0 Å². The third-order valence-electron chi connectivity index (χ3n) is 11.7. The third-order valence-corrected chi connectivity index (χ3v) is 12.8. The van der Waals surface area contributed by atoms with Gasteiger partial charge in [0.05, 0.1) is 16.7 Å². The summed E-state index contributed by atoms with van der Waals surface area (Å²) in [4.78, 5) is 2.47. The second-order valence-corrected chi connectivity index (χ2v) is 16.0. The maximum atomic E-state index is 2.47. The van der Waals surface area contributed by atoms with Crippen LogP contribution in [0.1, 0.15) is 0 Å². The number of hydrogen-bond acceptors (Lipinski definition) is 2. The normalized spacial score (nSPS) is 11.9. The lowest BCUT2D eigenvalue weighted by molar-refractivity contribution is 1.18. The highest BCUT2D eigenvalue weighted by Crippen LogP contribution is 2.47. The Morgan fingerprint density at radius 3 is 1.84 bits per heavy atom. The molecule has 2 nitrogen and oxygen atoms in total. The minimum atomic E-state index is 1.11.